The number of ether oxygens (including phenoxy) is 1. The van der Waals surface area contributed by atoms with Crippen molar-refractivity contribution in [3.63, 3.8) is 0 Å². The second kappa shape index (κ2) is 6.49. The normalized spacial score (nSPS) is 12.3. The summed E-state index contributed by atoms with van der Waals surface area (Å²) < 4.78 is 5.26. The predicted octanol–water partition coefficient (Wildman–Crippen LogP) is 2.29. The first-order valence-electron chi connectivity index (χ1n) is 5.81. The number of aryl methyl sites for hydroxylation is 1. The molecule has 4 nitrogen and oxygen atoms in total. The molecule has 0 fully saturated rings. The molecule has 0 aliphatic rings. The van der Waals surface area contributed by atoms with Gasteiger partial charge in [-0.15, -0.1) is 0 Å². The maximum Gasteiger partial charge on any atom is 0.217 e. The van der Waals surface area contributed by atoms with Crippen molar-refractivity contribution in [3.05, 3.63) is 46.3 Å². The second-order valence-electron chi connectivity index (χ2n) is 3.99. The minimum Gasteiger partial charge on any atom is -0.481 e. The molecule has 1 unspecified atom stereocenters. The summed E-state index contributed by atoms with van der Waals surface area (Å²) >= 11 is 1.71. The Morgan fingerprint density at radius 2 is 2.39 bits per heavy atom. The third-order valence-corrected chi connectivity index (χ3v) is 3.60. The SMILES string of the molecule is COc1ncccc1C(CCc1ccsc1)NN. The molecule has 2 rings (SSSR count). The number of hydrogen-bond acceptors (Lipinski definition) is 5. The Balaban J connectivity index is 2.08. The first-order chi connectivity index (χ1) is 8.85. The predicted molar refractivity (Wildman–Crippen MR) is 73.5 cm³/mol. The van der Waals surface area contributed by atoms with Crippen LogP contribution in [-0.2, 0) is 6.42 Å². The number of aromatic nitrogens is 1. The number of hydrogen-bond donors (Lipinski definition) is 2. The van der Waals surface area contributed by atoms with Gasteiger partial charge >= 0.3 is 0 Å². The standard InChI is InChI=1S/C13H17N3OS/c1-17-13-11(3-2-7-15-13)12(16-14)5-4-10-6-8-18-9-10/h2-3,6-9,12,16H,4-5,14H2,1H3. The number of thiophene rings is 1. The second-order valence-corrected chi connectivity index (χ2v) is 4.77. The minimum absolute atomic E-state index is 0.0496. The van der Waals surface area contributed by atoms with Crippen molar-refractivity contribution in [2.75, 3.05) is 7.11 Å². The Hall–Kier alpha value is -1.43. The van der Waals surface area contributed by atoms with Gasteiger partial charge in [0.15, 0.2) is 0 Å². The molecule has 2 aromatic heterocycles. The van der Waals surface area contributed by atoms with Crippen LogP contribution in [-0.4, -0.2) is 12.1 Å². The van der Waals surface area contributed by atoms with Crippen LogP contribution in [0.15, 0.2) is 35.2 Å². The van der Waals surface area contributed by atoms with Gasteiger partial charge in [0.25, 0.3) is 0 Å². The fourth-order valence-corrected chi connectivity index (χ4v) is 2.62. The molecule has 0 amide bonds. The monoisotopic (exact) mass is 263 g/mol. The molecule has 1 atom stereocenters. The van der Waals surface area contributed by atoms with Crippen LogP contribution in [0.3, 0.4) is 0 Å². The van der Waals surface area contributed by atoms with Gasteiger partial charge in [-0.2, -0.15) is 11.3 Å². The lowest BCUT2D eigenvalue weighted by Gasteiger charge is -2.17. The number of methoxy groups -OCH3 is 1. The lowest BCUT2D eigenvalue weighted by molar-refractivity contribution is 0.380. The maximum absolute atomic E-state index is 5.64. The van der Waals surface area contributed by atoms with E-state index in [0.29, 0.717) is 5.88 Å². The highest BCUT2D eigenvalue weighted by molar-refractivity contribution is 7.07. The van der Waals surface area contributed by atoms with Crippen LogP contribution in [0.25, 0.3) is 0 Å². The van der Waals surface area contributed by atoms with Crippen LogP contribution in [0, 0.1) is 0 Å². The Morgan fingerprint density at radius 1 is 1.50 bits per heavy atom. The molecule has 0 saturated carbocycles. The number of rotatable bonds is 6. The van der Waals surface area contributed by atoms with E-state index in [1.165, 1.54) is 5.56 Å². The Morgan fingerprint density at radius 3 is 3.06 bits per heavy atom. The van der Waals surface area contributed by atoms with E-state index < -0.39 is 0 Å². The first-order valence-corrected chi connectivity index (χ1v) is 6.75. The van der Waals surface area contributed by atoms with Crippen LogP contribution in [0.4, 0.5) is 0 Å². The molecule has 0 radical (unpaired) electrons. The molecule has 0 saturated heterocycles. The fourth-order valence-electron chi connectivity index (χ4n) is 1.91. The third-order valence-electron chi connectivity index (χ3n) is 2.87. The molecule has 0 aliphatic heterocycles. The molecule has 5 heteroatoms. The van der Waals surface area contributed by atoms with E-state index in [2.05, 4.69) is 27.2 Å². The highest BCUT2D eigenvalue weighted by Crippen LogP contribution is 2.25. The van der Waals surface area contributed by atoms with Crippen molar-refractivity contribution in [3.8, 4) is 5.88 Å². The summed E-state index contributed by atoms with van der Waals surface area (Å²) in [5, 5.41) is 4.25. The van der Waals surface area contributed by atoms with Gasteiger partial charge in [-0.3, -0.25) is 11.3 Å². The van der Waals surface area contributed by atoms with Gasteiger partial charge < -0.3 is 4.74 Å². The summed E-state index contributed by atoms with van der Waals surface area (Å²) in [4.78, 5) is 4.20. The molecule has 18 heavy (non-hydrogen) atoms. The molecule has 0 bridgehead atoms. The Labute approximate surface area is 111 Å². The van der Waals surface area contributed by atoms with Crippen molar-refractivity contribution in [1.29, 1.82) is 0 Å². The highest BCUT2D eigenvalue weighted by atomic mass is 32.1. The van der Waals surface area contributed by atoms with Gasteiger partial charge in [0, 0.05) is 11.8 Å². The molecule has 0 aromatic carbocycles. The molecule has 0 aliphatic carbocycles. The van der Waals surface area contributed by atoms with Crippen molar-refractivity contribution >= 4 is 11.3 Å². The van der Waals surface area contributed by atoms with E-state index in [-0.39, 0.29) is 6.04 Å². The number of nitrogens with zero attached hydrogens (tertiary/aromatic N) is 1. The van der Waals surface area contributed by atoms with E-state index in [9.17, 15) is 0 Å². The van der Waals surface area contributed by atoms with Crippen LogP contribution in [0.2, 0.25) is 0 Å². The summed E-state index contributed by atoms with van der Waals surface area (Å²) in [5.41, 5.74) is 5.17. The largest absolute Gasteiger partial charge is 0.481 e. The van der Waals surface area contributed by atoms with Gasteiger partial charge in [0.2, 0.25) is 5.88 Å². The van der Waals surface area contributed by atoms with Gasteiger partial charge in [0.1, 0.15) is 0 Å². The summed E-state index contributed by atoms with van der Waals surface area (Å²) in [5.74, 6) is 6.27. The minimum atomic E-state index is 0.0496. The molecule has 2 heterocycles. The zero-order valence-corrected chi connectivity index (χ0v) is 11.1. The average molecular weight is 263 g/mol. The van der Waals surface area contributed by atoms with E-state index in [1.807, 2.05) is 12.1 Å². The molecular weight excluding hydrogens is 246 g/mol. The van der Waals surface area contributed by atoms with Crippen LogP contribution >= 0.6 is 11.3 Å². The smallest absolute Gasteiger partial charge is 0.217 e. The van der Waals surface area contributed by atoms with E-state index in [4.69, 9.17) is 10.6 Å². The van der Waals surface area contributed by atoms with Gasteiger partial charge in [-0.05, 0) is 41.3 Å². The maximum atomic E-state index is 5.64. The van der Waals surface area contributed by atoms with Gasteiger partial charge in [0.05, 0.1) is 13.2 Å². The highest BCUT2D eigenvalue weighted by Gasteiger charge is 2.15. The molecular formula is C13H17N3OS. The number of nitrogens with one attached hydrogen (secondary N) is 1. The van der Waals surface area contributed by atoms with Gasteiger partial charge in [-0.1, -0.05) is 6.07 Å². The summed E-state index contributed by atoms with van der Waals surface area (Å²) in [6.45, 7) is 0. The Bertz CT molecular complexity index is 473. The zero-order valence-electron chi connectivity index (χ0n) is 10.3. The number of pyridine rings is 1. The van der Waals surface area contributed by atoms with Crippen molar-refractivity contribution in [2.24, 2.45) is 5.84 Å². The third kappa shape index (κ3) is 3.07. The molecule has 0 spiro atoms. The molecule has 3 N–H and O–H groups in total. The Kier molecular flexibility index (Phi) is 4.69. The van der Waals surface area contributed by atoms with Crippen LogP contribution in [0.1, 0.15) is 23.6 Å². The van der Waals surface area contributed by atoms with Crippen LogP contribution in [0.5, 0.6) is 5.88 Å². The van der Waals surface area contributed by atoms with Crippen molar-refractivity contribution < 1.29 is 4.74 Å². The van der Waals surface area contributed by atoms with E-state index in [0.717, 1.165) is 18.4 Å². The fraction of sp³-hybridized carbons (Fsp3) is 0.308. The van der Waals surface area contributed by atoms with E-state index >= 15 is 0 Å². The molecule has 96 valence electrons. The van der Waals surface area contributed by atoms with E-state index in [1.54, 1.807) is 24.6 Å². The topological polar surface area (TPSA) is 60.2 Å². The first kappa shape index (κ1) is 13.0. The van der Waals surface area contributed by atoms with Crippen molar-refractivity contribution in [1.82, 2.24) is 10.4 Å². The summed E-state index contributed by atoms with van der Waals surface area (Å²) in [6.07, 6.45) is 3.61. The molecule has 2 aromatic rings. The lowest BCUT2D eigenvalue weighted by atomic mass is 10.0. The van der Waals surface area contributed by atoms with Gasteiger partial charge in [-0.25, -0.2) is 4.98 Å². The summed E-state index contributed by atoms with van der Waals surface area (Å²) in [7, 11) is 1.62. The van der Waals surface area contributed by atoms with Crippen LogP contribution < -0.4 is 16.0 Å². The van der Waals surface area contributed by atoms with Crippen molar-refractivity contribution in [2.45, 2.75) is 18.9 Å². The number of nitrogens with two attached hydrogens (primary N) is 1. The number of hydrazine groups is 1. The average Bonchev–Trinajstić information content (AvgIpc) is 2.93. The quantitative estimate of drug-likeness (QED) is 0.620. The lowest BCUT2D eigenvalue weighted by Crippen LogP contribution is -2.28. The zero-order chi connectivity index (χ0) is 12.8. The summed E-state index contributed by atoms with van der Waals surface area (Å²) in [6, 6.07) is 6.07.